The first-order valence-corrected chi connectivity index (χ1v) is 7.09. The minimum absolute atomic E-state index is 0.158. The van der Waals surface area contributed by atoms with E-state index in [2.05, 4.69) is 0 Å². The molecule has 1 rings (SSSR count). The van der Waals surface area contributed by atoms with Gasteiger partial charge in [0.15, 0.2) is 0 Å². The van der Waals surface area contributed by atoms with Gasteiger partial charge in [0.25, 0.3) is 0 Å². The predicted molar refractivity (Wildman–Crippen MR) is 62.8 cm³/mol. The molecule has 90 valence electrons. The Labute approximate surface area is 99.3 Å². The molecule has 0 saturated heterocycles. The second-order valence-corrected chi connectivity index (χ2v) is 6.41. The molecule has 0 amide bonds. The number of benzene rings is 1. The normalized spacial score (nSPS) is 13.8. The fraction of sp³-hybridized carbons (Fsp3) is 0.400. The van der Waals surface area contributed by atoms with E-state index in [9.17, 15) is 12.8 Å². The summed E-state index contributed by atoms with van der Waals surface area (Å²) in [6.45, 7) is 0. The van der Waals surface area contributed by atoms with Gasteiger partial charge in [-0.1, -0.05) is 17.7 Å². The molecule has 1 unspecified atom stereocenters. The van der Waals surface area contributed by atoms with Crippen molar-refractivity contribution in [3.05, 3.63) is 34.6 Å². The van der Waals surface area contributed by atoms with Gasteiger partial charge >= 0.3 is 0 Å². The number of halogens is 2. The average molecular weight is 266 g/mol. The van der Waals surface area contributed by atoms with Crippen LogP contribution in [0.4, 0.5) is 4.39 Å². The molecule has 0 fully saturated rings. The van der Waals surface area contributed by atoms with Crippen LogP contribution in [0, 0.1) is 5.82 Å². The standard InChI is InChI=1S/C10H13ClFNO2S/c1-16(14,15)6-9(13)4-7-2-3-8(11)5-10(7)12/h2-3,5,9H,4,6,13H2,1H3. The molecule has 0 spiro atoms. The van der Waals surface area contributed by atoms with Crippen molar-refractivity contribution in [3.63, 3.8) is 0 Å². The summed E-state index contributed by atoms with van der Waals surface area (Å²) in [6.07, 6.45) is 1.28. The summed E-state index contributed by atoms with van der Waals surface area (Å²) in [5.74, 6) is -0.619. The zero-order valence-electron chi connectivity index (χ0n) is 8.78. The highest BCUT2D eigenvalue weighted by Gasteiger charge is 2.13. The van der Waals surface area contributed by atoms with E-state index in [-0.39, 0.29) is 12.2 Å². The van der Waals surface area contributed by atoms with E-state index in [1.807, 2.05) is 0 Å². The van der Waals surface area contributed by atoms with Crippen LogP contribution in [-0.2, 0) is 16.3 Å². The smallest absolute Gasteiger partial charge is 0.148 e. The van der Waals surface area contributed by atoms with Crippen LogP contribution in [0.2, 0.25) is 5.02 Å². The van der Waals surface area contributed by atoms with Crippen molar-refractivity contribution in [2.24, 2.45) is 5.73 Å². The third kappa shape index (κ3) is 4.47. The maximum atomic E-state index is 13.4. The molecular weight excluding hydrogens is 253 g/mol. The van der Waals surface area contributed by atoms with Crippen molar-refractivity contribution in [2.45, 2.75) is 12.5 Å². The molecule has 16 heavy (non-hydrogen) atoms. The van der Waals surface area contributed by atoms with Gasteiger partial charge in [-0.15, -0.1) is 0 Å². The lowest BCUT2D eigenvalue weighted by Crippen LogP contribution is -2.31. The molecule has 0 heterocycles. The first kappa shape index (κ1) is 13.4. The van der Waals surface area contributed by atoms with Gasteiger partial charge in [0, 0.05) is 17.3 Å². The van der Waals surface area contributed by atoms with E-state index in [0.717, 1.165) is 6.26 Å². The first-order chi connectivity index (χ1) is 7.28. The topological polar surface area (TPSA) is 60.2 Å². The molecule has 1 aromatic carbocycles. The average Bonchev–Trinajstić information content (AvgIpc) is 2.06. The molecular formula is C10H13ClFNO2S. The molecule has 6 heteroatoms. The predicted octanol–water partition coefficient (Wildman–Crippen LogP) is 1.39. The van der Waals surface area contributed by atoms with Gasteiger partial charge < -0.3 is 5.73 Å². The van der Waals surface area contributed by atoms with Crippen molar-refractivity contribution in [1.82, 2.24) is 0 Å². The van der Waals surface area contributed by atoms with Gasteiger partial charge in [-0.25, -0.2) is 12.8 Å². The summed E-state index contributed by atoms with van der Waals surface area (Å²) < 4.78 is 35.3. The Morgan fingerprint density at radius 3 is 2.62 bits per heavy atom. The summed E-state index contributed by atoms with van der Waals surface area (Å²) in [5.41, 5.74) is 6.00. The lowest BCUT2D eigenvalue weighted by Gasteiger charge is -2.11. The van der Waals surface area contributed by atoms with Gasteiger partial charge in [0.1, 0.15) is 15.7 Å². The summed E-state index contributed by atoms with van der Waals surface area (Å²) in [4.78, 5) is 0. The Hall–Kier alpha value is -0.650. The maximum Gasteiger partial charge on any atom is 0.148 e. The van der Waals surface area contributed by atoms with Crippen LogP contribution in [0.1, 0.15) is 5.56 Å². The highest BCUT2D eigenvalue weighted by atomic mass is 35.5. The zero-order valence-corrected chi connectivity index (χ0v) is 10.4. The Kier molecular flexibility index (Phi) is 4.29. The van der Waals surface area contributed by atoms with Crippen molar-refractivity contribution in [3.8, 4) is 0 Å². The first-order valence-electron chi connectivity index (χ1n) is 4.65. The number of hydrogen-bond donors (Lipinski definition) is 1. The largest absolute Gasteiger partial charge is 0.326 e. The Morgan fingerprint density at radius 2 is 2.12 bits per heavy atom. The third-order valence-electron chi connectivity index (χ3n) is 2.01. The third-order valence-corrected chi connectivity index (χ3v) is 3.28. The van der Waals surface area contributed by atoms with Gasteiger partial charge in [-0.05, 0) is 24.1 Å². The summed E-state index contributed by atoms with van der Waals surface area (Å²) in [5, 5.41) is 0.304. The van der Waals surface area contributed by atoms with Crippen LogP contribution >= 0.6 is 11.6 Å². The number of sulfone groups is 1. The molecule has 3 nitrogen and oxygen atoms in total. The number of nitrogens with two attached hydrogens (primary N) is 1. The fourth-order valence-electron chi connectivity index (χ4n) is 1.42. The van der Waals surface area contributed by atoms with Gasteiger partial charge in [0.05, 0.1) is 5.75 Å². The summed E-state index contributed by atoms with van der Waals surface area (Å²) >= 11 is 5.59. The van der Waals surface area contributed by atoms with E-state index in [0.29, 0.717) is 10.6 Å². The van der Waals surface area contributed by atoms with E-state index in [4.69, 9.17) is 17.3 Å². The SMILES string of the molecule is CS(=O)(=O)CC(N)Cc1ccc(Cl)cc1F. The van der Waals surface area contributed by atoms with Gasteiger partial charge in [-0.3, -0.25) is 0 Å². The molecule has 1 atom stereocenters. The van der Waals surface area contributed by atoms with E-state index in [1.54, 1.807) is 6.07 Å². The van der Waals surface area contributed by atoms with Crippen LogP contribution in [0.25, 0.3) is 0 Å². The van der Waals surface area contributed by atoms with E-state index >= 15 is 0 Å². The summed E-state index contributed by atoms with van der Waals surface area (Å²) in [6, 6.07) is 3.64. The zero-order chi connectivity index (χ0) is 12.3. The highest BCUT2D eigenvalue weighted by molar-refractivity contribution is 7.90. The van der Waals surface area contributed by atoms with E-state index in [1.165, 1.54) is 12.1 Å². The molecule has 0 aliphatic rings. The molecule has 0 aliphatic heterocycles. The Bertz CT molecular complexity index is 476. The molecule has 0 aromatic heterocycles. The van der Waals surface area contributed by atoms with Crippen molar-refractivity contribution in [2.75, 3.05) is 12.0 Å². The van der Waals surface area contributed by atoms with Crippen LogP contribution in [-0.4, -0.2) is 26.5 Å². The lowest BCUT2D eigenvalue weighted by atomic mass is 10.1. The van der Waals surface area contributed by atoms with E-state index < -0.39 is 21.7 Å². The van der Waals surface area contributed by atoms with Gasteiger partial charge in [0.2, 0.25) is 0 Å². The van der Waals surface area contributed by atoms with Crippen molar-refractivity contribution in [1.29, 1.82) is 0 Å². The van der Waals surface area contributed by atoms with Crippen LogP contribution < -0.4 is 5.73 Å². The molecule has 2 N–H and O–H groups in total. The lowest BCUT2D eigenvalue weighted by molar-refractivity contribution is 0.579. The Balaban J connectivity index is 2.73. The molecule has 1 aromatic rings. The fourth-order valence-corrected chi connectivity index (χ4v) is 2.47. The van der Waals surface area contributed by atoms with Crippen LogP contribution in [0.5, 0.6) is 0 Å². The molecule has 0 saturated carbocycles. The minimum atomic E-state index is -3.14. The second-order valence-electron chi connectivity index (χ2n) is 3.79. The Morgan fingerprint density at radius 1 is 1.50 bits per heavy atom. The van der Waals surface area contributed by atoms with Crippen molar-refractivity contribution < 1.29 is 12.8 Å². The van der Waals surface area contributed by atoms with Crippen molar-refractivity contribution >= 4 is 21.4 Å². The maximum absolute atomic E-state index is 13.4. The summed E-state index contributed by atoms with van der Waals surface area (Å²) in [7, 11) is -3.14. The molecule has 0 aliphatic carbocycles. The number of hydrogen-bond acceptors (Lipinski definition) is 3. The monoisotopic (exact) mass is 265 g/mol. The highest BCUT2D eigenvalue weighted by Crippen LogP contribution is 2.15. The molecule has 0 bridgehead atoms. The minimum Gasteiger partial charge on any atom is -0.326 e. The second kappa shape index (κ2) is 5.12. The number of rotatable bonds is 4. The van der Waals surface area contributed by atoms with Crippen LogP contribution in [0.15, 0.2) is 18.2 Å². The molecule has 0 radical (unpaired) electrons. The van der Waals surface area contributed by atoms with Crippen LogP contribution in [0.3, 0.4) is 0 Å². The van der Waals surface area contributed by atoms with Gasteiger partial charge in [-0.2, -0.15) is 0 Å². The quantitative estimate of drug-likeness (QED) is 0.895.